The second-order valence-electron chi connectivity index (χ2n) is 2.65. The average Bonchev–Trinajstić information content (AvgIpc) is 2.24. The third kappa shape index (κ3) is 3.72. The standard InChI is InChI=1S/C11H12O4/c1-9(12)14-7-8-15-11-6-4-3-5-10(11)13-2/h3-8H,1-2H3. The van der Waals surface area contributed by atoms with Crippen LogP contribution < -0.4 is 9.47 Å². The average molecular weight is 208 g/mol. The highest BCUT2D eigenvalue weighted by Crippen LogP contribution is 2.25. The van der Waals surface area contributed by atoms with Gasteiger partial charge in [-0.05, 0) is 12.1 Å². The van der Waals surface area contributed by atoms with Gasteiger partial charge in [0.2, 0.25) is 0 Å². The van der Waals surface area contributed by atoms with Gasteiger partial charge in [-0.2, -0.15) is 0 Å². The van der Waals surface area contributed by atoms with Crippen LogP contribution in [0.3, 0.4) is 0 Å². The quantitative estimate of drug-likeness (QED) is 0.561. The fourth-order valence-corrected chi connectivity index (χ4v) is 0.941. The van der Waals surface area contributed by atoms with Gasteiger partial charge >= 0.3 is 5.97 Å². The first-order chi connectivity index (χ1) is 7.24. The molecule has 0 fully saturated rings. The minimum absolute atomic E-state index is 0.394. The number of hydrogen-bond acceptors (Lipinski definition) is 4. The van der Waals surface area contributed by atoms with Gasteiger partial charge in [-0.25, -0.2) is 0 Å². The summed E-state index contributed by atoms with van der Waals surface area (Å²) in [7, 11) is 1.55. The van der Waals surface area contributed by atoms with Gasteiger partial charge in [0, 0.05) is 6.92 Å². The minimum atomic E-state index is -0.394. The predicted molar refractivity (Wildman–Crippen MR) is 54.5 cm³/mol. The van der Waals surface area contributed by atoms with Gasteiger partial charge in [0.15, 0.2) is 11.5 Å². The number of carbonyl (C=O) groups excluding carboxylic acids is 1. The Balaban J connectivity index is 2.56. The smallest absolute Gasteiger partial charge is 0.307 e. The number of methoxy groups -OCH3 is 1. The van der Waals surface area contributed by atoms with Crippen LogP contribution >= 0.6 is 0 Å². The van der Waals surface area contributed by atoms with Crippen molar-refractivity contribution in [2.45, 2.75) is 6.92 Å². The highest BCUT2D eigenvalue weighted by molar-refractivity contribution is 5.66. The molecule has 1 aromatic carbocycles. The topological polar surface area (TPSA) is 44.8 Å². The SMILES string of the molecule is COc1ccccc1OC=COC(C)=O. The molecule has 0 aliphatic heterocycles. The Labute approximate surface area is 88.1 Å². The summed E-state index contributed by atoms with van der Waals surface area (Å²) in [5.41, 5.74) is 0. The molecule has 0 saturated carbocycles. The summed E-state index contributed by atoms with van der Waals surface area (Å²) in [5, 5.41) is 0. The zero-order chi connectivity index (χ0) is 11.1. The lowest BCUT2D eigenvalue weighted by molar-refractivity contribution is -0.135. The van der Waals surface area contributed by atoms with Crippen molar-refractivity contribution < 1.29 is 19.0 Å². The van der Waals surface area contributed by atoms with E-state index < -0.39 is 5.97 Å². The normalized spacial score (nSPS) is 10.0. The molecule has 0 aliphatic carbocycles. The number of rotatable bonds is 4. The fraction of sp³-hybridized carbons (Fsp3) is 0.182. The van der Waals surface area contributed by atoms with Crippen LogP contribution in [0.15, 0.2) is 36.8 Å². The van der Waals surface area contributed by atoms with E-state index in [1.165, 1.54) is 19.4 Å². The molecule has 0 atom stereocenters. The summed E-state index contributed by atoms with van der Waals surface area (Å²) in [6.07, 6.45) is 2.45. The molecule has 0 spiro atoms. The zero-order valence-electron chi connectivity index (χ0n) is 8.60. The van der Waals surface area contributed by atoms with Crippen LogP contribution in [0, 0.1) is 0 Å². The summed E-state index contributed by atoms with van der Waals surface area (Å²) < 4.78 is 14.8. The van der Waals surface area contributed by atoms with Crippen LogP contribution in [0.2, 0.25) is 0 Å². The van der Waals surface area contributed by atoms with Gasteiger partial charge in [0.1, 0.15) is 12.5 Å². The minimum Gasteiger partial charge on any atom is -0.493 e. The number of para-hydroxylation sites is 2. The molecule has 80 valence electrons. The van der Waals surface area contributed by atoms with Crippen molar-refractivity contribution in [1.29, 1.82) is 0 Å². The van der Waals surface area contributed by atoms with Crippen molar-refractivity contribution in [1.82, 2.24) is 0 Å². The first kappa shape index (κ1) is 11.1. The molecule has 0 radical (unpaired) electrons. The van der Waals surface area contributed by atoms with Gasteiger partial charge < -0.3 is 14.2 Å². The molecule has 1 rings (SSSR count). The van der Waals surface area contributed by atoms with Crippen molar-refractivity contribution in [3.63, 3.8) is 0 Å². The van der Waals surface area contributed by atoms with Crippen LogP contribution in [0.5, 0.6) is 11.5 Å². The van der Waals surface area contributed by atoms with Gasteiger partial charge in [-0.15, -0.1) is 0 Å². The maximum absolute atomic E-state index is 10.4. The third-order valence-corrected chi connectivity index (χ3v) is 1.55. The third-order valence-electron chi connectivity index (χ3n) is 1.55. The van der Waals surface area contributed by atoms with E-state index in [9.17, 15) is 4.79 Å². The molecule has 4 heteroatoms. The summed E-state index contributed by atoms with van der Waals surface area (Å²) in [4.78, 5) is 10.4. The highest BCUT2D eigenvalue weighted by atomic mass is 16.5. The van der Waals surface area contributed by atoms with Crippen LogP contribution in [-0.2, 0) is 9.53 Å². The molecule has 4 nitrogen and oxygen atoms in total. The molecule has 0 aromatic heterocycles. The molecular weight excluding hydrogens is 196 g/mol. The highest BCUT2D eigenvalue weighted by Gasteiger charge is 1.99. The summed E-state index contributed by atoms with van der Waals surface area (Å²) in [5.74, 6) is 0.781. The largest absolute Gasteiger partial charge is 0.493 e. The number of hydrogen-bond donors (Lipinski definition) is 0. The van der Waals surface area contributed by atoms with Crippen LogP contribution in [0.25, 0.3) is 0 Å². The number of esters is 1. The van der Waals surface area contributed by atoms with Gasteiger partial charge in [-0.1, -0.05) is 12.1 Å². The van der Waals surface area contributed by atoms with E-state index in [2.05, 4.69) is 4.74 Å². The van der Waals surface area contributed by atoms with E-state index in [1.807, 2.05) is 12.1 Å². The Morgan fingerprint density at radius 1 is 1.20 bits per heavy atom. The second-order valence-corrected chi connectivity index (χ2v) is 2.65. The lowest BCUT2D eigenvalue weighted by atomic mass is 10.3. The molecule has 0 N–H and O–H groups in total. The Kier molecular flexibility index (Phi) is 4.22. The van der Waals surface area contributed by atoms with Crippen molar-refractivity contribution in [3.8, 4) is 11.5 Å². The molecule has 0 aliphatic rings. The Bertz CT molecular complexity index is 357. The molecule has 15 heavy (non-hydrogen) atoms. The molecule has 0 unspecified atom stereocenters. The van der Waals surface area contributed by atoms with E-state index in [4.69, 9.17) is 9.47 Å². The van der Waals surface area contributed by atoms with E-state index in [-0.39, 0.29) is 0 Å². The molecular formula is C11H12O4. The second kappa shape index (κ2) is 5.70. The fourth-order valence-electron chi connectivity index (χ4n) is 0.941. The van der Waals surface area contributed by atoms with E-state index in [0.29, 0.717) is 11.5 Å². The lowest BCUT2D eigenvalue weighted by Gasteiger charge is -2.05. The van der Waals surface area contributed by atoms with Crippen LogP contribution in [0.4, 0.5) is 0 Å². The van der Waals surface area contributed by atoms with Gasteiger partial charge in [-0.3, -0.25) is 4.79 Å². The molecule has 0 amide bonds. The van der Waals surface area contributed by atoms with Crippen LogP contribution in [-0.4, -0.2) is 13.1 Å². The Morgan fingerprint density at radius 2 is 1.87 bits per heavy atom. The predicted octanol–water partition coefficient (Wildman–Crippen LogP) is 2.11. The van der Waals surface area contributed by atoms with Crippen molar-refractivity contribution in [2.75, 3.05) is 7.11 Å². The van der Waals surface area contributed by atoms with Crippen molar-refractivity contribution in [3.05, 3.63) is 36.8 Å². The summed E-state index contributed by atoms with van der Waals surface area (Å²) in [6.45, 7) is 1.31. The van der Waals surface area contributed by atoms with Gasteiger partial charge in [0.25, 0.3) is 0 Å². The van der Waals surface area contributed by atoms with E-state index in [0.717, 1.165) is 0 Å². The van der Waals surface area contributed by atoms with Crippen LogP contribution in [0.1, 0.15) is 6.92 Å². The molecule has 0 bridgehead atoms. The Hall–Kier alpha value is -1.97. The first-order valence-corrected chi connectivity index (χ1v) is 4.36. The van der Waals surface area contributed by atoms with E-state index >= 15 is 0 Å². The summed E-state index contributed by atoms with van der Waals surface area (Å²) in [6, 6.07) is 7.17. The zero-order valence-corrected chi connectivity index (χ0v) is 8.60. The monoisotopic (exact) mass is 208 g/mol. The summed E-state index contributed by atoms with van der Waals surface area (Å²) >= 11 is 0. The first-order valence-electron chi connectivity index (χ1n) is 4.36. The maximum Gasteiger partial charge on any atom is 0.307 e. The molecule has 0 saturated heterocycles. The van der Waals surface area contributed by atoms with Crippen molar-refractivity contribution in [2.24, 2.45) is 0 Å². The molecule has 1 aromatic rings. The Morgan fingerprint density at radius 3 is 2.47 bits per heavy atom. The number of ether oxygens (including phenoxy) is 3. The molecule has 0 heterocycles. The lowest BCUT2D eigenvalue weighted by Crippen LogP contribution is -1.92. The number of benzene rings is 1. The van der Waals surface area contributed by atoms with Gasteiger partial charge in [0.05, 0.1) is 7.11 Å². The number of carbonyl (C=O) groups is 1. The van der Waals surface area contributed by atoms with Crippen molar-refractivity contribution >= 4 is 5.97 Å². The maximum atomic E-state index is 10.4. The van der Waals surface area contributed by atoms with E-state index in [1.54, 1.807) is 19.2 Å².